The van der Waals surface area contributed by atoms with Gasteiger partial charge in [0, 0.05) is 0 Å². The van der Waals surface area contributed by atoms with Crippen LogP contribution in [0.15, 0.2) is 0 Å². The van der Waals surface area contributed by atoms with Crippen molar-refractivity contribution in [1.82, 2.24) is 0 Å². The zero-order valence-corrected chi connectivity index (χ0v) is 23.0. The molecule has 6 nitrogen and oxygen atoms in total. The molecule has 0 amide bonds. The van der Waals surface area contributed by atoms with Gasteiger partial charge in [-0.1, -0.05) is 0 Å². The summed E-state index contributed by atoms with van der Waals surface area (Å²) in [6, 6.07) is 0. The first-order valence-corrected chi connectivity index (χ1v) is 20.3. The smallest absolute Gasteiger partial charge is 0.394 e. The molecule has 0 bridgehead atoms. The molecule has 30 heavy (non-hydrogen) atoms. The van der Waals surface area contributed by atoms with Crippen LogP contribution in [0.3, 0.4) is 0 Å². The van der Waals surface area contributed by atoms with E-state index in [1.807, 2.05) is 0 Å². The number of hydrogen-bond acceptors (Lipinski definition) is 6. The van der Waals surface area contributed by atoms with Gasteiger partial charge in [-0.3, -0.25) is 0 Å². The predicted molar refractivity (Wildman–Crippen MR) is 126 cm³/mol. The Labute approximate surface area is 190 Å². The molecule has 0 aromatic heterocycles. The summed E-state index contributed by atoms with van der Waals surface area (Å²) in [7, 11) is 0. The van der Waals surface area contributed by atoms with Gasteiger partial charge < -0.3 is 9.84 Å². The summed E-state index contributed by atoms with van der Waals surface area (Å²) in [6.45, 7) is 12.0. The summed E-state index contributed by atoms with van der Waals surface area (Å²) in [5, 5.41) is 8.58. The summed E-state index contributed by atoms with van der Waals surface area (Å²) in [5.41, 5.74) is 0. The quantitative estimate of drug-likeness (QED) is 0.136. The fraction of sp³-hybridized carbons (Fsp3) is 1.00. The summed E-state index contributed by atoms with van der Waals surface area (Å²) in [6.07, 6.45) is 8.09. The average molecular weight is 541 g/mol. The van der Waals surface area contributed by atoms with Crippen molar-refractivity contribution in [1.29, 1.82) is 0 Å². The minimum Gasteiger partial charge on any atom is -0.394 e. The summed E-state index contributed by atoms with van der Waals surface area (Å²) in [4.78, 5) is 0. The van der Waals surface area contributed by atoms with E-state index in [1.165, 1.54) is 51.8 Å². The van der Waals surface area contributed by atoms with Crippen LogP contribution in [0.5, 0.6) is 0 Å². The van der Waals surface area contributed by atoms with Crippen molar-refractivity contribution < 1.29 is 28.8 Å². The SMILES string of the molecule is CCC[CH2][Sn]([CH2]CCC)([CH2]CCC)[CH2]OCCOCCOCCOCCOCCO. The van der Waals surface area contributed by atoms with Crippen molar-refractivity contribution in [3.63, 3.8) is 0 Å². The van der Waals surface area contributed by atoms with Gasteiger partial charge in [-0.25, -0.2) is 0 Å². The summed E-state index contributed by atoms with van der Waals surface area (Å²) >= 11 is -2.15. The standard InChI is InChI=1S/C11H23O6.3C4H9.Sn/c1-13-4-5-15-8-9-17-11-10-16-7-6-14-3-2-12;3*1-3-4-2;/h12H,1-11H2;3*1,3-4H2,2H3;. The molecule has 0 aromatic rings. The van der Waals surface area contributed by atoms with Crippen LogP contribution in [-0.4, -0.2) is 94.2 Å². The Hall–Kier alpha value is 0.559. The Kier molecular flexibility index (Phi) is 24.7. The zero-order valence-electron chi connectivity index (χ0n) is 20.1. The second kappa shape index (κ2) is 24.2. The van der Waals surface area contributed by atoms with Gasteiger partial charge in [0.1, 0.15) is 0 Å². The van der Waals surface area contributed by atoms with E-state index in [2.05, 4.69) is 20.8 Å². The molecule has 0 rings (SSSR count). The molecule has 0 aliphatic rings. The second-order valence-electron chi connectivity index (χ2n) is 8.04. The van der Waals surface area contributed by atoms with Gasteiger partial charge in [0.2, 0.25) is 0 Å². The first-order chi connectivity index (χ1) is 14.7. The minimum absolute atomic E-state index is 0.0501. The molecule has 0 aliphatic carbocycles. The molecule has 0 radical (unpaired) electrons. The fourth-order valence-corrected chi connectivity index (χ4v) is 18.0. The molecule has 0 unspecified atom stereocenters. The molecule has 0 heterocycles. The van der Waals surface area contributed by atoms with Crippen LogP contribution in [0, 0.1) is 0 Å². The Morgan fingerprint density at radius 1 is 0.500 bits per heavy atom. The van der Waals surface area contributed by atoms with E-state index in [-0.39, 0.29) is 6.61 Å². The Morgan fingerprint density at radius 2 is 0.833 bits per heavy atom. The van der Waals surface area contributed by atoms with Crippen molar-refractivity contribution in [3.8, 4) is 0 Å². The number of ether oxygens (including phenoxy) is 5. The topological polar surface area (TPSA) is 66.4 Å². The van der Waals surface area contributed by atoms with Crippen LogP contribution in [0.2, 0.25) is 13.3 Å². The maximum absolute atomic E-state index is 8.58. The third-order valence-electron chi connectivity index (χ3n) is 5.31. The Bertz CT molecular complexity index is 311. The van der Waals surface area contributed by atoms with Crippen LogP contribution in [-0.2, 0) is 23.7 Å². The van der Waals surface area contributed by atoms with Gasteiger partial charge in [-0.2, -0.15) is 0 Å². The van der Waals surface area contributed by atoms with Gasteiger partial charge in [0.05, 0.1) is 19.8 Å². The van der Waals surface area contributed by atoms with Crippen LogP contribution < -0.4 is 0 Å². The average Bonchev–Trinajstić information content (AvgIpc) is 2.77. The monoisotopic (exact) mass is 542 g/mol. The van der Waals surface area contributed by atoms with Crippen molar-refractivity contribution >= 4 is 18.4 Å². The molecule has 0 saturated carbocycles. The van der Waals surface area contributed by atoms with Crippen molar-refractivity contribution in [3.05, 3.63) is 0 Å². The van der Waals surface area contributed by atoms with Gasteiger partial charge >= 0.3 is 161 Å². The van der Waals surface area contributed by atoms with Crippen LogP contribution in [0.1, 0.15) is 59.3 Å². The Balaban J connectivity index is 3.75. The number of hydrogen-bond donors (Lipinski definition) is 1. The van der Waals surface area contributed by atoms with Crippen LogP contribution in [0.25, 0.3) is 0 Å². The van der Waals surface area contributed by atoms with Gasteiger partial charge in [0.25, 0.3) is 0 Å². The number of unbranched alkanes of at least 4 members (excludes halogenated alkanes) is 3. The third-order valence-corrected chi connectivity index (χ3v) is 19.8. The van der Waals surface area contributed by atoms with E-state index in [9.17, 15) is 0 Å². The molecule has 1 N–H and O–H groups in total. The first-order valence-electron chi connectivity index (χ1n) is 12.2. The number of aliphatic hydroxyl groups excluding tert-OH is 1. The maximum atomic E-state index is 8.58. The number of rotatable bonds is 25. The van der Waals surface area contributed by atoms with E-state index in [4.69, 9.17) is 28.8 Å². The van der Waals surface area contributed by atoms with E-state index < -0.39 is 18.4 Å². The van der Waals surface area contributed by atoms with E-state index in [1.54, 1.807) is 0 Å². The fourth-order valence-electron chi connectivity index (χ4n) is 3.48. The van der Waals surface area contributed by atoms with Crippen LogP contribution in [0.4, 0.5) is 0 Å². The molecular formula is C23H50O6Sn. The third kappa shape index (κ3) is 19.3. The van der Waals surface area contributed by atoms with Gasteiger partial charge in [-0.05, 0) is 0 Å². The summed E-state index contributed by atoms with van der Waals surface area (Å²) < 4.78 is 33.4. The normalized spacial score (nSPS) is 12.0. The van der Waals surface area contributed by atoms with E-state index in [0.717, 1.165) is 4.62 Å². The van der Waals surface area contributed by atoms with Crippen molar-refractivity contribution in [2.45, 2.75) is 72.6 Å². The predicted octanol–water partition coefficient (Wildman–Crippen LogP) is 4.45. The molecule has 182 valence electrons. The second-order valence-corrected chi connectivity index (χ2v) is 21.7. The Morgan fingerprint density at radius 3 is 1.17 bits per heavy atom. The molecule has 0 aromatic carbocycles. The first kappa shape index (κ1) is 30.6. The molecule has 0 spiro atoms. The molecular weight excluding hydrogens is 491 g/mol. The van der Waals surface area contributed by atoms with Crippen molar-refractivity contribution in [2.75, 3.05) is 70.7 Å². The van der Waals surface area contributed by atoms with Crippen molar-refractivity contribution in [2.24, 2.45) is 0 Å². The zero-order chi connectivity index (χ0) is 22.2. The summed E-state index contributed by atoms with van der Waals surface area (Å²) in [5.74, 6) is 0. The van der Waals surface area contributed by atoms with Gasteiger partial charge in [-0.15, -0.1) is 0 Å². The molecule has 0 aliphatic heterocycles. The van der Waals surface area contributed by atoms with E-state index >= 15 is 0 Å². The minimum atomic E-state index is -2.15. The number of aliphatic hydroxyl groups is 1. The molecule has 0 atom stereocenters. The molecule has 0 fully saturated rings. The van der Waals surface area contributed by atoms with E-state index in [0.29, 0.717) is 59.5 Å². The van der Waals surface area contributed by atoms with Gasteiger partial charge in [0.15, 0.2) is 0 Å². The molecule has 7 heteroatoms. The van der Waals surface area contributed by atoms with Crippen LogP contribution >= 0.6 is 0 Å². The molecule has 0 saturated heterocycles.